The summed E-state index contributed by atoms with van der Waals surface area (Å²) in [6, 6.07) is 28.3. The normalized spacial score (nSPS) is 13.0. The maximum Gasteiger partial charge on any atom is 0.315 e. The van der Waals surface area contributed by atoms with Crippen molar-refractivity contribution < 1.29 is 9.90 Å². The largest absolute Gasteiger partial charge is 0.384 e. The molecule has 138 valence electrons. The number of hydrogen-bond acceptors (Lipinski definition) is 2. The number of urea groups is 1. The van der Waals surface area contributed by atoms with Gasteiger partial charge in [0.1, 0.15) is 5.60 Å². The molecule has 4 nitrogen and oxygen atoms in total. The zero-order chi connectivity index (χ0) is 19.1. The van der Waals surface area contributed by atoms with Crippen molar-refractivity contribution in [1.29, 1.82) is 0 Å². The van der Waals surface area contributed by atoms with Crippen LogP contribution in [0.3, 0.4) is 0 Å². The maximum absolute atomic E-state index is 12.5. The SMILES string of the molecule is C[C@](O)(CNC(=O)NC(c1ccccc1)c1ccccc1)c1ccccc1. The standard InChI is InChI=1S/C23H24N2O2/c1-23(27,20-15-9-4-10-16-20)17-24-22(26)25-21(18-11-5-2-6-12-18)19-13-7-3-8-14-19/h2-16,21,27H,17H2,1H3,(H2,24,25,26)/t23-/m0/s1. The third kappa shape index (κ3) is 4.96. The van der Waals surface area contributed by atoms with E-state index in [0.29, 0.717) is 0 Å². The zero-order valence-electron chi connectivity index (χ0n) is 15.3. The van der Waals surface area contributed by atoms with E-state index in [1.165, 1.54) is 0 Å². The van der Waals surface area contributed by atoms with Gasteiger partial charge in [-0.15, -0.1) is 0 Å². The number of carbonyl (C=O) groups is 1. The van der Waals surface area contributed by atoms with Crippen molar-refractivity contribution in [3.63, 3.8) is 0 Å². The molecule has 0 saturated heterocycles. The first-order valence-corrected chi connectivity index (χ1v) is 8.98. The molecule has 0 bridgehead atoms. The molecule has 0 heterocycles. The van der Waals surface area contributed by atoms with E-state index in [0.717, 1.165) is 16.7 Å². The van der Waals surface area contributed by atoms with Gasteiger partial charge < -0.3 is 15.7 Å². The molecular formula is C23H24N2O2. The average molecular weight is 360 g/mol. The van der Waals surface area contributed by atoms with Gasteiger partial charge in [0.25, 0.3) is 0 Å². The molecule has 1 atom stereocenters. The summed E-state index contributed by atoms with van der Waals surface area (Å²) in [6.45, 7) is 1.80. The Morgan fingerprint density at radius 3 is 1.78 bits per heavy atom. The molecule has 0 unspecified atom stereocenters. The van der Waals surface area contributed by atoms with E-state index in [9.17, 15) is 9.90 Å². The number of carbonyl (C=O) groups excluding carboxylic acids is 1. The van der Waals surface area contributed by atoms with Crippen LogP contribution in [0.15, 0.2) is 91.0 Å². The molecule has 0 aliphatic heterocycles. The Hall–Kier alpha value is -3.11. The summed E-state index contributed by atoms with van der Waals surface area (Å²) < 4.78 is 0. The quantitative estimate of drug-likeness (QED) is 0.623. The van der Waals surface area contributed by atoms with Gasteiger partial charge in [-0.3, -0.25) is 0 Å². The van der Waals surface area contributed by atoms with Gasteiger partial charge in [-0.25, -0.2) is 4.79 Å². The van der Waals surface area contributed by atoms with Crippen molar-refractivity contribution in [2.45, 2.75) is 18.6 Å². The van der Waals surface area contributed by atoms with Gasteiger partial charge in [0.2, 0.25) is 0 Å². The summed E-state index contributed by atoms with van der Waals surface area (Å²) in [7, 11) is 0. The summed E-state index contributed by atoms with van der Waals surface area (Å²) in [6.07, 6.45) is 0. The van der Waals surface area contributed by atoms with Gasteiger partial charge in [-0.2, -0.15) is 0 Å². The number of benzene rings is 3. The lowest BCUT2D eigenvalue weighted by atomic mass is 9.96. The van der Waals surface area contributed by atoms with Crippen molar-refractivity contribution in [2.75, 3.05) is 6.54 Å². The maximum atomic E-state index is 12.5. The molecule has 3 aromatic rings. The molecule has 3 N–H and O–H groups in total. The van der Waals surface area contributed by atoms with E-state index in [2.05, 4.69) is 10.6 Å². The first-order valence-electron chi connectivity index (χ1n) is 8.98. The van der Waals surface area contributed by atoms with E-state index >= 15 is 0 Å². The van der Waals surface area contributed by atoms with Crippen LogP contribution in [0.5, 0.6) is 0 Å². The molecule has 0 spiro atoms. The van der Waals surface area contributed by atoms with E-state index in [4.69, 9.17) is 0 Å². The number of aliphatic hydroxyl groups is 1. The molecule has 0 fully saturated rings. The molecule has 4 heteroatoms. The third-order valence-electron chi connectivity index (χ3n) is 4.53. The number of hydrogen-bond donors (Lipinski definition) is 3. The Morgan fingerprint density at radius 2 is 1.30 bits per heavy atom. The number of amides is 2. The van der Waals surface area contributed by atoms with Crippen LogP contribution in [0.2, 0.25) is 0 Å². The fourth-order valence-electron chi connectivity index (χ4n) is 2.98. The highest BCUT2D eigenvalue weighted by atomic mass is 16.3. The summed E-state index contributed by atoms with van der Waals surface area (Å²) in [4.78, 5) is 12.5. The average Bonchev–Trinajstić information content (AvgIpc) is 2.72. The van der Waals surface area contributed by atoms with Gasteiger partial charge in [0, 0.05) is 0 Å². The molecule has 2 amide bonds. The first-order chi connectivity index (χ1) is 13.1. The molecular weight excluding hydrogens is 336 g/mol. The Bertz CT molecular complexity index is 810. The van der Waals surface area contributed by atoms with Crippen molar-refractivity contribution in [1.82, 2.24) is 10.6 Å². The molecule has 0 radical (unpaired) electrons. The zero-order valence-corrected chi connectivity index (χ0v) is 15.3. The van der Waals surface area contributed by atoms with Crippen molar-refractivity contribution >= 4 is 6.03 Å². The minimum atomic E-state index is -1.15. The predicted molar refractivity (Wildman–Crippen MR) is 107 cm³/mol. The van der Waals surface area contributed by atoms with Gasteiger partial charge in [-0.05, 0) is 23.6 Å². The lowest BCUT2D eigenvalue weighted by molar-refractivity contribution is 0.0593. The van der Waals surface area contributed by atoms with Crippen LogP contribution < -0.4 is 10.6 Å². The molecule has 27 heavy (non-hydrogen) atoms. The van der Waals surface area contributed by atoms with Gasteiger partial charge >= 0.3 is 6.03 Å². The first kappa shape index (κ1) is 18.7. The molecule has 3 rings (SSSR count). The van der Waals surface area contributed by atoms with Crippen LogP contribution in [-0.2, 0) is 5.60 Å². The summed E-state index contributed by atoms with van der Waals surface area (Å²) >= 11 is 0. The minimum Gasteiger partial charge on any atom is -0.384 e. The Kier molecular flexibility index (Phi) is 5.89. The lowest BCUT2D eigenvalue weighted by Gasteiger charge is -2.26. The monoisotopic (exact) mass is 360 g/mol. The topological polar surface area (TPSA) is 61.4 Å². The smallest absolute Gasteiger partial charge is 0.315 e. The van der Waals surface area contributed by atoms with Crippen LogP contribution in [0.4, 0.5) is 4.79 Å². The van der Waals surface area contributed by atoms with Crippen LogP contribution in [0.25, 0.3) is 0 Å². The number of nitrogens with one attached hydrogen (secondary N) is 2. The van der Waals surface area contributed by atoms with Crippen molar-refractivity contribution in [3.8, 4) is 0 Å². The lowest BCUT2D eigenvalue weighted by Crippen LogP contribution is -2.44. The predicted octanol–water partition coefficient (Wildman–Crippen LogP) is 3.98. The highest BCUT2D eigenvalue weighted by molar-refractivity contribution is 5.75. The second-order valence-corrected chi connectivity index (χ2v) is 6.72. The minimum absolute atomic E-state index is 0.110. The van der Waals surface area contributed by atoms with Gasteiger partial charge in [0.05, 0.1) is 12.6 Å². The van der Waals surface area contributed by atoms with Crippen LogP contribution in [0, 0.1) is 0 Å². The highest BCUT2D eigenvalue weighted by Crippen LogP contribution is 2.22. The van der Waals surface area contributed by atoms with Crippen molar-refractivity contribution in [2.24, 2.45) is 0 Å². The van der Waals surface area contributed by atoms with Gasteiger partial charge in [0.15, 0.2) is 0 Å². The van der Waals surface area contributed by atoms with E-state index in [1.54, 1.807) is 6.92 Å². The second kappa shape index (κ2) is 8.52. The van der Waals surface area contributed by atoms with Gasteiger partial charge in [-0.1, -0.05) is 91.0 Å². The summed E-state index contributed by atoms with van der Waals surface area (Å²) in [5.74, 6) is 0. The Balaban J connectivity index is 1.70. The highest BCUT2D eigenvalue weighted by Gasteiger charge is 2.24. The van der Waals surface area contributed by atoms with Crippen LogP contribution in [-0.4, -0.2) is 17.7 Å². The van der Waals surface area contributed by atoms with E-state index in [1.807, 2.05) is 91.0 Å². The van der Waals surface area contributed by atoms with E-state index < -0.39 is 5.60 Å². The number of rotatable bonds is 6. The van der Waals surface area contributed by atoms with Crippen LogP contribution >= 0.6 is 0 Å². The second-order valence-electron chi connectivity index (χ2n) is 6.72. The Labute approximate surface area is 159 Å². The molecule has 0 aliphatic rings. The fraction of sp³-hybridized carbons (Fsp3) is 0.174. The molecule has 0 saturated carbocycles. The molecule has 0 aromatic heterocycles. The third-order valence-corrected chi connectivity index (χ3v) is 4.53. The van der Waals surface area contributed by atoms with E-state index in [-0.39, 0.29) is 18.6 Å². The summed E-state index contributed by atoms with van der Waals surface area (Å²) in [5, 5.41) is 16.5. The Morgan fingerprint density at radius 1 is 0.852 bits per heavy atom. The van der Waals surface area contributed by atoms with Crippen LogP contribution in [0.1, 0.15) is 29.7 Å². The summed E-state index contributed by atoms with van der Waals surface area (Å²) in [5.41, 5.74) is 1.60. The fourth-order valence-corrected chi connectivity index (χ4v) is 2.98. The molecule has 0 aliphatic carbocycles. The molecule has 3 aromatic carbocycles. The van der Waals surface area contributed by atoms with Crippen molar-refractivity contribution in [3.05, 3.63) is 108 Å².